The predicted molar refractivity (Wildman–Crippen MR) is 233 cm³/mol. The van der Waals surface area contributed by atoms with Crippen LogP contribution in [-0.2, 0) is 0 Å². The summed E-state index contributed by atoms with van der Waals surface area (Å²) < 4.78 is 5.29. The van der Waals surface area contributed by atoms with E-state index in [9.17, 15) is 0 Å². The Morgan fingerprint density at radius 1 is 0.321 bits per heavy atom. The highest BCUT2D eigenvalue weighted by molar-refractivity contribution is 7.27. The topological polar surface area (TPSA) is 3.24 Å². The van der Waals surface area contributed by atoms with Crippen LogP contribution in [0.1, 0.15) is 0 Å². The summed E-state index contributed by atoms with van der Waals surface area (Å²) in [4.78, 5) is 2.39. The molecule has 53 heavy (non-hydrogen) atoms. The van der Waals surface area contributed by atoms with Crippen LogP contribution in [0.25, 0.3) is 84.1 Å². The Hall–Kier alpha value is -6.26. The van der Waals surface area contributed by atoms with Gasteiger partial charge in [0.05, 0.1) is 0 Å². The van der Waals surface area contributed by atoms with E-state index in [2.05, 4.69) is 193 Å². The standard InChI is InChI=1S/C50H31NS2/c1-2-14-36(15-3-1)51(37-24-21-33(22-25-37)40-19-10-13-32-11-4-6-16-39(32)40)38-26-28-48-45(31-38)49-43(29-34-12-5-7-17-41(34)50(49)53-48)35-23-27-47-44(30-35)42-18-8-9-20-46(42)52-47/h1-31H. The van der Waals surface area contributed by atoms with E-state index in [-0.39, 0.29) is 0 Å². The molecule has 248 valence electrons. The Labute approximate surface area is 315 Å². The van der Waals surface area contributed by atoms with E-state index in [0.717, 1.165) is 17.1 Å². The molecule has 1 nitrogen and oxygen atoms in total. The van der Waals surface area contributed by atoms with E-state index in [1.807, 2.05) is 22.7 Å². The lowest BCUT2D eigenvalue weighted by atomic mass is 9.94. The van der Waals surface area contributed by atoms with Gasteiger partial charge in [-0.15, -0.1) is 22.7 Å². The SMILES string of the molecule is c1ccc(N(c2ccc(-c3cccc4ccccc34)cc2)c2ccc3sc4c5ccccc5cc(-c5ccc6sc7ccccc7c6c5)c4c3c2)cc1. The van der Waals surface area contributed by atoms with Gasteiger partial charge in [-0.3, -0.25) is 0 Å². The molecule has 2 aromatic heterocycles. The van der Waals surface area contributed by atoms with Crippen molar-refractivity contribution in [2.75, 3.05) is 4.90 Å². The Balaban J connectivity index is 1.11. The third-order valence-corrected chi connectivity index (χ3v) is 13.0. The second kappa shape index (κ2) is 12.2. The summed E-state index contributed by atoms with van der Waals surface area (Å²) in [5.41, 5.74) is 8.39. The minimum atomic E-state index is 1.12. The molecule has 0 spiro atoms. The van der Waals surface area contributed by atoms with Gasteiger partial charge >= 0.3 is 0 Å². The maximum absolute atomic E-state index is 2.42. The molecule has 9 aromatic carbocycles. The first kappa shape index (κ1) is 30.4. The number of benzene rings is 9. The van der Waals surface area contributed by atoms with E-state index in [1.54, 1.807) is 0 Å². The van der Waals surface area contributed by atoms with Gasteiger partial charge in [0.1, 0.15) is 0 Å². The van der Waals surface area contributed by atoms with Crippen molar-refractivity contribution < 1.29 is 0 Å². The van der Waals surface area contributed by atoms with Crippen molar-refractivity contribution in [2.45, 2.75) is 0 Å². The first-order chi connectivity index (χ1) is 26.3. The van der Waals surface area contributed by atoms with Gasteiger partial charge in [-0.1, -0.05) is 121 Å². The van der Waals surface area contributed by atoms with Crippen molar-refractivity contribution >= 4 is 102 Å². The summed E-state index contributed by atoms with van der Waals surface area (Å²) in [6, 6.07) is 69.1. The maximum atomic E-state index is 2.42. The van der Waals surface area contributed by atoms with Gasteiger partial charge in [0.15, 0.2) is 0 Å². The Morgan fingerprint density at radius 2 is 0.943 bits per heavy atom. The summed E-state index contributed by atoms with van der Waals surface area (Å²) in [5, 5.41) is 10.4. The molecular weight excluding hydrogens is 679 g/mol. The summed E-state index contributed by atoms with van der Waals surface area (Å²) in [6.45, 7) is 0. The summed E-state index contributed by atoms with van der Waals surface area (Å²) >= 11 is 3.78. The molecule has 0 aliphatic rings. The molecule has 0 fully saturated rings. The van der Waals surface area contributed by atoms with Gasteiger partial charge in [0.25, 0.3) is 0 Å². The molecule has 0 radical (unpaired) electrons. The second-order valence-electron chi connectivity index (χ2n) is 13.7. The highest BCUT2D eigenvalue weighted by Gasteiger charge is 2.19. The van der Waals surface area contributed by atoms with Gasteiger partial charge < -0.3 is 4.90 Å². The van der Waals surface area contributed by atoms with Crippen LogP contribution in [0.3, 0.4) is 0 Å². The van der Waals surface area contributed by atoms with E-state index < -0.39 is 0 Å². The Kier molecular flexibility index (Phi) is 6.97. The lowest BCUT2D eigenvalue weighted by Gasteiger charge is -2.26. The molecule has 0 unspecified atom stereocenters. The first-order valence-electron chi connectivity index (χ1n) is 18.0. The zero-order valence-corrected chi connectivity index (χ0v) is 30.3. The minimum Gasteiger partial charge on any atom is -0.310 e. The van der Waals surface area contributed by atoms with Crippen LogP contribution >= 0.6 is 22.7 Å². The number of fused-ring (bicyclic) bond motifs is 9. The summed E-state index contributed by atoms with van der Waals surface area (Å²) in [6.07, 6.45) is 0. The Bertz CT molecular complexity index is 3160. The largest absolute Gasteiger partial charge is 0.310 e. The monoisotopic (exact) mass is 709 g/mol. The fourth-order valence-corrected chi connectivity index (χ4v) is 10.5. The second-order valence-corrected chi connectivity index (χ2v) is 15.8. The number of thiophene rings is 2. The molecule has 11 aromatic rings. The van der Waals surface area contributed by atoms with Crippen LogP contribution in [0.5, 0.6) is 0 Å². The van der Waals surface area contributed by atoms with Crippen molar-refractivity contribution in [3.05, 3.63) is 188 Å². The van der Waals surface area contributed by atoms with E-state index in [4.69, 9.17) is 0 Å². The molecule has 0 aliphatic carbocycles. The summed E-state index contributed by atoms with van der Waals surface area (Å²) in [7, 11) is 0. The quantitative estimate of drug-likeness (QED) is 0.172. The molecule has 0 atom stereocenters. The van der Waals surface area contributed by atoms with Gasteiger partial charge in [0.2, 0.25) is 0 Å². The van der Waals surface area contributed by atoms with E-state index >= 15 is 0 Å². The first-order valence-corrected chi connectivity index (χ1v) is 19.6. The van der Waals surface area contributed by atoms with Crippen LogP contribution < -0.4 is 4.90 Å². The van der Waals surface area contributed by atoms with Crippen molar-refractivity contribution in [2.24, 2.45) is 0 Å². The smallest absolute Gasteiger partial charge is 0.0468 e. The Morgan fingerprint density at radius 3 is 1.81 bits per heavy atom. The van der Waals surface area contributed by atoms with E-state index in [1.165, 1.54) is 84.1 Å². The zero-order valence-electron chi connectivity index (χ0n) is 28.7. The van der Waals surface area contributed by atoms with Crippen molar-refractivity contribution in [1.29, 1.82) is 0 Å². The molecule has 3 heteroatoms. The predicted octanol–water partition coefficient (Wildman–Crippen LogP) is 15.5. The van der Waals surface area contributed by atoms with Crippen molar-refractivity contribution in [3.8, 4) is 22.3 Å². The zero-order chi connectivity index (χ0) is 34.9. The molecule has 2 heterocycles. The van der Waals surface area contributed by atoms with Crippen LogP contribution in [-0.4, -0.2) is 0 Å². The molecule has 0 saturated heterocycles. The average molecular weight is 710 g/mol. The van der Waals surface area contributed by atoms with Gasteiger partial charge in [0, 0.05) is 57.4 Å². The number of nitrogens with zero attached hydrogens (tertiary/aromatic N) is 1. The molecule has 11 rings (SSSR count). The lowest BCUT2D eigenvalue weighted by Crippen LogP contribution is -2.09. The molecule has 0 aliphatic heterocycles. The fraction of sp³-hybridized carbons (Fsp3) is 0. The lowest BCUT2D eigenvalue weighted by molar-refractivity contribution is 1.29. The number of anilines is 3. The molecular formula is C50H31NS2. The van der Waals surface area contributed by atoms with Crippen LogP contribution in [0.2, 0.25) is 0 Å². The number of hydrogen-bond acceptors (Lipinski definition) is 3. The molecule has 0 N–H and O–H groups in total. The number of rotatable bonds is 5. The highest BCUT2D eigenvalue weighted by Crippen LogP contribution is 2.47. The summed E-state index contributed by atoms with van der Waals surface area (Å²) in [5.74, 6) is 0. The fourth-order valence-electron chi connectivity index (χ4n) is 8.15. The maximum Gasteiger partial charge on any atom is 0.0468 e. The van der Waals surface area contributed by atoms with E-state index in [0.29, 0.717) is 0 Å². The molecule has 0 saturated carbocycles. The van der Waals surface area contributed by atoms with Crippen molar-refractivity contribution in [1.82, 2.24) is 0 Å². The molecule has 0 amide bonds. The third kappa shape index (κ3) is 4.97. The normalized spacial score (nSPS) is 11.8. The van der Waals surface area contributed by atoms with Crippen LogP contribution in [0, 0.1) is 0 Å². The van der Waals surface area contributed by atoms with Crippen molar-refractivity contribution in [3.63, 3.8) is 0 Å². The molecule has 0 bridgehead atoms. The van der Waals surface area contributed by atoms with Gasteiger partial charge in [-0.05, 0) is 111 Å². The average Bonchev–Trinajstić information content (AvgIpc) is 3.80. The highest BCUT2D eigenvalue weighted by atomic mass is 32.1. The van der Waals surface area contributed by atoms with Gasteiger partial charge in [-0.25, -0.2) is 0 Å². The van der Waals surface area contributed by atoms with Crippen LogP contribution in [0.15, 0.2) is 188 Å². The minimum absolute atomic E-state index is 1.12. The van der Waals surface area contributed by atoms with Gasteiger partial charge in [-0.2, -0.15) is 0 Å². The van der Waals surface area contributed by atoms with Crippen LogP contribution in [0.4, 0.5) is 17.1 Å². The number of hydrogen-bond donors (Lipinski definition) is 0. The third-order valence-electron chi connectivity index (χ3n) is 10.6. The number of para-hydroxylation sites is 1.